The third-order valence-electron chi connectivity index (χ3n) is 2.95. The Labute approximate surface area is 80.5 Å². The molecule has 1 saturated heterocycles. The van der Waals surface area contributed by atoms with Crippen molar-refractivity contribution >= 4 is 5.91 Å². The average Bonchev–Trinajstić information content (AvgIpc) is 2.37. The monoisotopic (exact) mass is 184 g/mol. The summed E-state index contributed by atoms with van der Waals surface area (Å²) < 4.78 is 0. The molecule has 1 amide bonds. The molecule has 1 fully saturated rings. The van der Waals surface area contributed by atoms with Gasteiger partial charge in [0.1, 0.15) is 0 Å². The molecule has 1 aliphatic heterocycles. The number of amides is 1. The average molecular weight is 184 g/mol. The Morgan fingerprint density at radius 3 is 2.46 bits per heavy atom. The molecular weight excluding hydrogens is 164 g/mol. The van der Waals surface area contributed by atoms with Gasteiger partial charge < -0.3 is 10.2 Å². The van der Waals surface area contributed by atoms with Crippen molar-refractivity contribution in [2.24, 2.45) is 11.8 Å². The second-order valence-electron chi connectivity index (χ2n) is 4.21. The van der Waals surface area contributed by atoms with Gasteiger partial charge in [-0.3, -0.25) is 4.79 Å². The Hall–Kier alpha value is -0.570. The molecule has 0 bridgehead atoms. The van der Waals surface area contributed by atoms with Gasteiger partial charge in [0, 0.05) is 19.6 Å². The van der Waals surface area contributed by atoms with Crippen molar-refractivity contribution in [3.63, 3.8) is 0 Å². The van der Waals surface area contributed by atoms with Crippen LogP contribution in [0.15, 0.2) is 0 Å². The summed E-state index contributed by atoms with van der Waals surface area (Å²) >= 11 is 0. The fraction of sp³-hybridized carbons (Fsp3) is 0.900. The lowest BCUT2D eigenvalue weighted by Gasteiger charge is -2.25. The first-order chi connectivity index (χ1) is 6.07. The zero-order valence-electron chi connectivity index (χ0n) is 9.00. The maximum atomic E-state index is 11.7. The summed E-state index contributed by atoms with van der Waals surface area (Å²) in [6.07, 6.45) is 0.999. The van der Waals surface area contributed by atoms with E-state index in [1.165, 1.54) is 0 Å². The van der Waals surface area contributed by atoms with Gasteiger partial charge in [-0.05, 0) is 19.4 Å². The highest BCUT2D eigenvalue weighted by atomic mass is 16.2. The molecule has 0 aromatic heterocycles. The van der Waals surface area contributed by atoms with Crippen LogP contribution in [0.2, 0.25) is 0 Å². The van der Waals surface area contributed by atoms with Crippen molar-refractivity contribution in [1.82, 2.24) is 10.2 Å². The van der Waals surface area contributed by atoms with Crippen molar-refractivity contribution in [1.29, 1.82) is 0 Å². The van der Waals surface area contributed by atoms with Crippen LogP contribution in [0.4, 0.5) is 0 Å². The van der Waals surface area contributed by atoms with Crippen molar-refractivity contribution in [2.75, 3.05) is 20.6 Å². The van der Waals surface area contributed by atoms with Crippen LogP contribution in [-0.4, -0.2) is 37.5 Å². The summed E-state index contributed by atoms with van der Waals surface area (Å²) in [5.41, 5.74) is 0. The standard InChI is InChI=1S/C10H20N2O/c1-7(2)9(11-3)8-5-6-12(4)10(8)13/h7-9,11H,5-6H2,1-4H3. The second kappa shape index (κ2) is 4.09. The quantitative estimate of drug-likeness (QED) is 0.700. The number of nitrogens with zero attached hydrogens (tertiary/aromatic N) is 1. The van der Waals surface area contributed by atoms with E-state index < -0.39 is 0 Å². The van der Waals surface area contributed by atoms with Crippen LogP contribution in [-0.2, 0) is 4.79 Å². The minimum absolute atomic E-state index is 0.190. The van der Waals surface area contributed by atoms with Gasteiger partial charge in [-0.1, -0.05) is 13.8 Å². The van der Waals surface area contributed by atoms with Crippen LogP contribution >= 0.6 is 0 Å². The maximum Gasteiger partial charge on any atom is 0.227 e. The minimum atomic E-state index is 0.190. The van der Waals surface area contributed by atoms with Crippen LogP contribution in [0.5, 0.6) is 0 Å². The van der Waals surface area contributed by atoms with Gasteiger partial charge in [-0.15, -0.1) is 0 Å². The van der Waals surface area contributed by atoms with Gasteiger partial charge >= 0.3 is 0 Å². The highest BCUT2D eigenvalue weighted by Gasteiger charge is 2.35. The van der Waals surface area contributed by atoms with Crippen LogP contribution in [0.3, 0.4) is 0 Å². The van der Waals surface area contributed by atoms with Crippen LogP contribution in [0.25, 0.3) is 0 Å². The van der Waals surface area contributed by atoms with E-state index in [2.05, 4.69) is 19.2 Å². The molecule has 3 heteroatoms. The molecule has 0 aromatic rings. The lowest BCUT2D eigenvalue weighted by atomic mass is 9.89. The second-order valence-corrected chi connectivity index (χ2v) is 4.21. The van der Waals surface area contributed by atoms with E-state index >= 15 is 0 Å². The van der Waals surface area contributed by atoms with Crippen LogP contribution < -0.4 is 5.32 Å². The number of hydrogen-bond donors (Lipinski definition) is 1. The van der Waals surface area contributed by atoms with Gasteiger partial charge in [-0.2, -0.15) is 0 Å². The number of rotatable bonds is 3. The molecule has 0 aromatic carbocycles. The predicted octanol–water partition coefficient (Wildman–Crippen LogP) is 0.709. The van der Waals surface area contributed by atoms with Gasteiger partial charge in [0.2, 0.25) is 5.91 Å². The van der Waals surface area contributed by atoms with Crippen LogP contribution in [0, 0.1) is 11.8 Å². The number of likely N-dealkylation sites (tertiary alicyclic amines) is 1. The molecule has 1 aliphatic rings. The Morgan fingerprint density at radius 1 is 1.54 bits per heavy atom. The number of nitrogens with one attached hydrogen (secondary N) is 1. The van der Waals surface area contributed by atoms with E-state index in [0.29, 0.717) is 17.9 Å². The predicted molar refractivity (Wildman–Crippen MR) is 53.4 cm³/mol. The van der Waals surface area contributed by atoms with Gasteiger partial charge in [0.05, 0.1) is 5.92 Å². The zero-order valence-corrected chi connectivity index (χ0v) is 9.00. The molecule has 1 N–H and O–H groups in total. The summed E-state index contributed by atoms with van der Waals surface area (Å²) in [6.45, 7) is 5.23. The molecule has 2 unspecified atom stereocenters. The molecule has 1 heterocycles. The lowest BCUT2D eigenvalue weighted by molar-refractivity contribution is -0.130. The first kappa shape index (κ1) is 10.5. The van der Waals surface area contributed by atoms with Crippen LogP contribution in [0.1, 0.15) is 20.3 Å². The molecule has 2 atom stereocenters. The Morgan fingerprint density at radius 2 is 2.15 bits per heavy atom. The Balaban J connectivity index is 2.65. The highest BCUT2D eigenvalue weighted by Crippen LogP contribution is 2.23. The summed E-state index contributed by atoms with van der Waals surface area (Å²) in [5.74, 6) is 1.01. The van der Waals surface area contributed by atoms with Crippen molar-refractivity contribution in [3.8, 4) is 0 Å². The first-order valence-electron chi connectivity index (χ1n) is 5.00. The number of carbonyl (C=O) groups excluding carboxylic acids is 1. The molecule has 1 rings (SSSR count). The number of carbonyl (C=O) groups is 1. The molecule has 0 radical (unpaired) electrons. The van der Waals surface area contributed by atoms with E-state index in [1.807, 2.05) is 19.0 Å². The molecule has 0 spiro atoms. The Bertz CT molecular complexity index is 191. The first-order valence-corrected chi connectivity index (χ1v) is 5.00. The smallest absolute Gasteiger partial charge is 0.227 e. The molecular formula is C10H20N2O. The maximum absolute atomic E-state index is 11.7. The van der Waals surface area contributed by atoms with E-state index in [4.69, 9.17) is 0 Å². The van der Waals surface area contributed by atoms with Gasteiger partial charge in [0.25, 0.3) is 0 Å². The molecule has 0 saturated carbocycles. The summed E-state index contributed by atoms with van der Waals surface area (Å²) in [6, 6.07) is 0.331. The summed E-state index contributed by atoms with van der Waals surface area (Å²) in [4.78, 5) is 13.5. The topological polar surface area (TPSA) is 32.3 Å². The molecule has 13 heavy (non-hydrogen) atoms. The third-order valence-corrected chi connectivity index (χ3v) is 2.95. The van der Waals surface area contributed by atoms with E-state index in [9.17, 15) is 4.79 Å². The lowest BCUT2D eigenvalue weighted by Crippen LogP contribution is -2.41. The minimum Gasteiger partial charge on any atom is -0.345 e. The van der Waals surface area contributed by atoms with Crippen molar-refractivity contribution in [3.05, 3.63) is 0 Å². The van der Waals surface area contributed by atoms with Gasteiger partial charge in [0.15, 0.2) is 0 Å². The van der Waals surface area contributed by atoms with Crippen molar-refractivity contribution in [2.45, 2.75) is 26.3 Å². The summed E-state index contributed by atoms with van der Waals surface area (Å²) in [7, 11) is 3.83. The molecule has 76 valence electrons. The van der Waals surface area contributed by atoms with E-state index in [0.717, 1.165) is 13.0 Å². The largest absolute Gasteiger partial charge is 0.345 e. The number of hydrogen-bond acceptors (Lipinski definition) is 2. The fourth-order valence-electron chi connectivity index (χ4n) is 2.18. The van der Waals surface area contributed by atoms with E-state index in [-0.39, 0.29) is 5.92 Å². The summed E-state index contributed by atoms with van der Waals surface area (Å²) in [5, 5.41) is 3.25. The highest BCUT2D eigenvalue weighted by molar-refractivity contribution is 5.81. The van der Waals surface area contributed by atoms with Gasteiger partial charge in [-0.25, -0.2) is 0 Å². The normalized spacial score (nSPS) is 25.8. The Kier molecular flexibility index (Phi) is 3.31. The van der Waals surface area contributed by atoms with Crippen molar-refractivity contribution < 1.29 is 4.79 Å². The fourth-order valence-corrected chi connectivity index (χ4v) is 2.18. The van der Waals surface area contributed by atoms with E-state index in [1.54, 1.807) is 0 Å². The third kappa shape index (κ3) is 2.02. The molecule has 0 aliphatic carbocycles. The SMILES string of the molecule is CNC(C(C)C)C1CCN(C)C1=O. The zero-order chi connectivity index (χ0) is 10.0. The molecule has 3 nitrogen and oxygen atoms in total.